The lowest BCUT2D eigenvalue weighted by Gasteiger charge is -2.33. The predicted octanol–water partition coefficient (Wildman–Crippen LogP) is 5.76. The standard InChI is InChI=1S/C29H27ClO6/c1-3-34-27(32)29(28(33)35-4-2)23(24(31)19-11-7-5-8-12-19)25(20-13-9-6-10-14-20)36-26(29)21-15-17-22(30)18-16-21/h5-18,23,25-26H,3-4H2,1-2H3/t23-,25+,26-/m1/s1. The summed E-state index contributed by atoms with van der Waals surface area (Å²) in [5.41, 5.74) is -0.583. The molecule has 1 saturated heterocycles. The van der Waals surface area contributed by atoms with Crippen molar-refractivity contribution >= 4 is 29.3 Å². The van der Waals surface area contributed by atoms with Crippen molar-refractivity contribution in [3.63, 3.8) is 0 Å². The Kier molecular flexibility index (Phi) is 7.87. The Balaban J connectivity index is 2.02. The Bertz CT molecular complexity index is 1190. The third-order valence-corrected chi connectivity index (χ3v) is 6.61. The fraction of sp³-hybridized carbons (Fsp3) is 0.276. The smallest absolute Gasteiger partial charge is 0.327 e. The third kappa shape index (κ3) is 4.54. The molecule has 0 radical (unpaired) electrons. The summed E-state index contributed by atoms with van der Waals surface area (Å²) in [6, 6.07) is 24.3. The van der Waals surface area contributed by atoms with Crippen LogP contribution in [-0.4, -0.2) is 30.9 Å². The number of halogens is 1. The maximum atomic E-state index is 14.2. The van der Waals surface area contributed by atoms with Crippen molar-refractivity contribution in [3.8, 4) is 0 Å². The van der Waals surface area contributed by atoms with Gasteiger partial charge >= 0.3 is 11.9 Å². The molecule has 1 aliphatic rings. The molecule has 7 heteroatoms. The molecule has 1 heterocycles. The zero-order valence-corrected chi connectivity index (χ0v) is 20.8. The normalized spacial score (nSPS) is 20.5. The van der Waals surface area contributed by atoms with Gasteiger partial charge in [0.25, 0.3) is 0 Å². The Hall–Kier alpha value is -3.48. The van der Waals surface area contributed by atoms with Crippen LogP contribution in [0.3, 0.4) is 0 Å². The van der Waals surface area contributed by atoms with Gasteiger partial charge < -0.3 is 14.2 Å². The number of carbonyl (C=O) groups excluding carboxylic acids is 3. The second-order valence-corrected chi connectivity index (χ2v) is 8.85. The maximum Gasteiger partial charge on any atom is 0.327 e. The Labute approximate surface area is 215 Å². The lowest BCUT2D eigenvalue weighted by molar-refractivity contribution is -0.178. The second-order valence-electron chi connectivity index (χ2n) is 8.42. The molecule has 0 unspecified atom stereocenters. The fourth-order valence-corrected chi connectivity index (χ4v) is 4.93. The van der Waals surface area contributed by atoms with Crippen LogP contribution in [0, 0.1) is 11.3 Å². The summed E-state index contributed by atoms with van der Waals surface area (Å²) in [7, 11) is 0. The van der Waals surface area contributed by atoms with E-state index < -0.39 is 41.3 Å². The van der Waals surface area contributed by atoms with Crippen LogP contribution in [0.25, 0.3) is 0 Å². The first kappa shape index (κ1) is 25.6. The van der Waals surface area contributed by atoms with E-state index >= 15 is 0 Å². The zero-order chi connectivity index (χ0) is 25.7. The summed E-state index contributed by atoms with van der Waals surface area (Å²) < 4.78 is 17.5. The molecule has 4 rings (SSSR count). The van der Waals surface area contributed by atoms with Gasteiger partial charge in [-0.3, -0.25) is 14.4 Å². The van der Waals surface area contributed by atoms with Gasteiger partial charge in [-0.15, -0.1) is 0 Å². The van der Waals surface area contributed by atoms with E-state index in [1.165, 1.54) is 0 Å². The number of carbonyl (C=O) groups is 3. The third-order valence-electron chi connectivity index (χ3n) is 6.36. The summed E-state index contributed by atoms with van der Waals surface area (Å²) in [5.74, 6) is -3.39. The number of hydrogen-bond donors (Lipinski definition) is 0. The first-order valence-electron chi connectivity index (χ1n) is 11.8. The quantitative estimate of drug-likeness (QED) is 0.219. The number of ether oxygens (including phenoxy) is 3. The van der Waals surface area contributed by atoms with E-state index in [4.69, 9.17) is 25.8 Å². The van der Waals surface area contributed by atoms with Crippen LogP contribution in [0.4, 0.5) is 0 Å². The highest BCUT2D eigenvalue weighted by atomic mass is 35.5. The average Bonchev–Trinajstić information content (AvgIpc) is 3.27. The molecule has 0 aliphatic carbocycles. The molecule has 186 valence electrons. The molecule has 0 saturated carbocycles. The number of Topliss-reactive ketones (excluding diaryl/α,β-unsaturated/α-hetero) is 1. The molecule has 1 aliphatic heterocycles. The monoisotopic (exact) mass is 506 g/mol. The molecular formula is C29H27ClO6. The molecule has 0 bridgehead atoms. The number of ketones is 1. The number of hydrogen-bond acceptors (Lipinski definition) is 6. The maximum absolute atomic E-state index is 14.2. The average molecular weight is 507 g/mol. The summed E-state index contributed by atoms with van der Waals surface area (Å²) >= 11 is 6.12. The molecule has 0 N–H and O–H groups in total. The lowest BCUT2D eigenvalue weighted by Crippen LogP contribution is -2.51. The topological polar surface area (TPSA) is 78.9 Å². The summed E-state index contributed by atoms with van der Waals surface area (Å²) in [5, 5.41) is 0.478. The van der Waals surface area contributed by atoms with Crippen molar-refractivity contribution in [2.24, 2.45) is 11.3 Å². The van der Waals surface area contributed by atoms with E-state index in [9.17, 15) is 14.4 Å². The van der Waals surface area contributed by atoms with Crippen molar-refractivity contribution < 1.29 is 28.6 Å². The highest BCUT2D eigenvalue weighted by Gasteiger charge is 2.70. The first-order chi connectivity index (χ1) is 17.4. The van der Waals surface area contributed by atoms with Crippen LogP contribution in [0.2, 0.25) is 5.02 Å². The SMILES string of the molecule is CCOC(=O)C1(C(=O)OCC)[C@@H](c2ccc(Cl)cc2)O[C@@H](c2ccccc2)[C@H]1C(=O)c1ccccc1. The number of benzene rings is 3. The predicted molar refractivity (Wildman–Crippen MR) is 134 cm³/mol. The molecule has 3 atom stereocenters. The van der Waals surface area contributed by atoms with Gasteiger partial charge in [-0.2, -0.15) is 0 Å². The van der Waals surface area contributed by atoms with E-state index in [1.54, 1.807) is 80.6 Å². The highest BCUT2D eigenvalue weighted by Crippen LogP contribution is 2.59. The minimum absolute atomic E-state index is 0.00950. The van der Waals surface area contributed by atoms with E-state index in [2.05, 4.69) is 0 Å². The molecule has 0 spiro atoms. The number of esters is 2. The van der Waals surface area contributed by atoms with Crippen LogP contribution < -0.4 is 0 Å². The van der Waals surface area contributed by atoms with Crippen LogP contribution in [0.1, 0.15) is 47.5 Å². The second kappa shape index (κ2) is 11.1. The van der Waals surface area contributed by atoms with Gasteiger partial charge in [0.05, 0.1) is 25.2 Å². The fourth-order valence-electron chi connectivity index (χ4n) is 4.81. The van der Waals surface area contributed by atoms with Gasteiger partial charge in [0.2, 0.25) is 5.41 Å². The molecule has 3 aromatic carbocycles. The molecule has 0 amide bonds. The van der Waals surface area contributed by atoms with Crippen LogP contribution >= 0.6 is 11.6 Å². The lowest BCUT2D eigenvalue weighted by atomic mass is 9.66. The van der Waals surface area contributed by atoms with E-state index in [-0.39, 0.29) is 13.2 Å². The summed E-state index contributed by atoms with van der Waals surface area (Å²) in [4.78, 5) is 41.9. The van der Waals surface area contributed by atoms with Crippen molar-refractivity contribution in [1.29, 1.82) is 0 Å². The minimum Gasteiger partial charge on any atom is -0.465 e. The van der Waals surface area contributed by atoms with Crippen molar-refractivity contribution in [3.05, 3.63) is 107 Å². The molecule has 6 nitrogen and oxygen atoms in total. The van der Waals surface area contributed by atoms with Gasteiger partial charge in [-0.25, -0.2) is 0 Å². The minimum atomic E-state index is -2.09. The molecule has 0 aromatic heterocycles. The van der Waals surface area contributed by atoms with Crippen molar-refractivity contribution in [2.75, 3.05) is 13.2 Å². The molecule has 1 fully saturated rings. The molecule has 36 heavy (non-hydrogen) atoms. The first-order valence-corrected chi connectivity index (χ1v) is 12.2. The Morgan fingerprint density at radius 2 is 1.31 bits per heavy atom. The van der Waals surface area contributed by atoms with Crippen molar-refractivity contribution in [2.45, 2.75) is 26.1 Å². The van der Waals surface area contributed by atoms with Gasteiger partial charge in [0.1, 0.15) is 6.10 Å². The number of rotatable bonds is 8. The Morgan fingerprint density at radius 3 is 1.83 bits per heavy atom. The van der Waals surface area contributed by atoms with Gasteiger partial charge in [0.15, 0.2) is 5.78 Å². The molecule has 3 aromatic rings. The van der Waals surface area contributed by atoms with Gasteiger partial charge in [0, 0.05) is 10.6 Å². The largest absolute Gasteiger partial charge is 0.465 e. The summed E-state index contributed by atoms with van der Waals surface area (Å²) in [6.07, 6.45) is -2.08. The highest BCUT2D eigenvalue weighted by molar-refractivity contribution is 6.30. The molecular weight excluding hydrogens is 480 g/mol. The van der Waals surface area contributed by atoms with Crippen molar-refractivity contribution in [1.82, 2.24) is 0 Å². The van der Waals surface area contributed by atoms with Crippen LogP contribution in [0.5, 0.6) is 0 Å². The van der Waals surface area contributed by atoms with E-state index in [1.807, 2.05) is 18.2 Å². The van der Waals surface area contributed by atoms with E-state index in [0.717, 1.165) is 0 Å². The van der Waals surface area contributed by atoms with E-state index in [0.29, 0.717) is 21.7 Å². The summed E-state index contributed by atoms with van der Waals surface area (Å²) in [6.45, 7) is 3.31. The Morgan fingerprint density at radius 1 is 0.778 bits per heavy atom. The van der Waals surface area contributed by atoms with Crippen LogP contribution in [-0.2, 0) is 23.8 Å². The zero-order valence-electron chi connectivity index (χ0n) is 20.1. The van der Waals surface area contributed by atoms with Gasteiger partial charge in [-0.05, 0) is 37.1 Å². The van der Waals surface area contributed by atoms with Gasteiger partial charge in [-0.1, -0.05) is 84.4 Å². The van der Waals surface area contributed by atoms with Crippen LogP contribution in [0.15, 0.2) is 84.9 Å².